The van der Waals surface area contributed by atoms with Crippen LogP contribution in [0.2, 0.25) is 5.02 Å². The summed E-state index contributed by atoms with van der Waals surface area (Å²) in [4.78, 5) is 29.4. The predicted octanol–water partition coefficient (Wildman–Crippen LogP) is 6.15. The Bertz CT molecular complexity index is 1700. The van der Waals surface area contributed by atoms with E-state index in [1.54, 1.807) is 63.2 Å². The van der Waals surface area contributed by atoms with Crippen molar-refractivity contribution in [2.75, 3.05) is 10.8 Å². The van der Waals surface area contributed by atoms with Gasteiger partial charge in [-0.15, -0.1) is 0 Å². The first-order valence-corrected chi connectivity index (χ1v) is 16.0. The van der Waals surface area contributed by atoms with E-state index in [2.05, 4.69) is 5.32 Å². The zero-order valence-corrected chi connectivity index (χ0v) is 26.4. The van der Waals surface area contributed by atoms with Crippen LogP contribution in [0.3, 0.4) is 0 Å². The molecule has 0 unspecified atom stereocenters. The molecular formula is C34H35ClFN3O4S. The minimum absolute atomic E-state index is 0.0128. The van der Waals surface area contributed by atoms with Gasteiger partial charge in [-0.05, 0) is 68.3 Å². The smallest absolute Gasteiger partial charge is 0.264 e. The highest BCUT2D eigenvalue weighted by Gasteiger charge is 2.35. The fourth-order valence-corrected chi connectivity index (χ4v) is 6.60. The summed E-state index contributed by atoms with van der Waals surface area (Å²) in [5, 5.41) is 3.29. The Labute approximate surface area is 263 Å². The first-order valence-electron chi connectivity index (χ1n) is 14.2. The maximum atomic E-state index is 15.0. The van der Waals surface area contributed by atoms with E-state index < -0.39 is 40.2 Å². The average molecular weight is 636 g/mol. The van der Waals surface area contributed by atoms with Gasteiger partial charge in [-0.3, -0.25) is 13.9 Å². The van der Waals surface area contributed by atoms with Crippen molar-refractivity contribution in [1.29, 1.82) is 0 Å². The fourth-order valence-electron chi connectivity index (χ4n) is 4.88. The molecule has 4 aromatic rings. The molecule has 2 amide bonds. The van der Waals surface area contributed by atoms with Crippen LogP contribution in [0.4, 0.5) is 10.1 Å². The van der Waals surface area contributed by atoms with Gasteiger partial charge in [-0.25, -0.2) is 12.8 Å². The van der Waals surface area contributed by atoms with Crippen LogP contribution >= 0.6 is 11.6 Å². The molecule has 0 heterocycles. The van der Waals surface area contributed by atoms with Crippen molar-refractivity contribution in [3.8, 4) is 0 Å². The number of anilines is 1. The van der Waals surface area contributed by atoms with Crippen molar-refractivity contribution in [2.45, 2.75) is 50.7 Å². The molecule has 7 nitrogen and oxygen atoms in total. The van der Waals surface area contributed by atoms with Crippen LogP contribution in [0.15, 0.2) is 108 Å². The summed E-state index contributed by atoms with van der Waals surface area (Å²) in [5.41, 5.74) is 1.76. The lowest BCUT2D eigenvalue weighted by molar-refractivity contribution is -0.140. The van der Waals surface area contributed by atoms with Crippen molar-refractivity contribution in [3.05, 3.63) is 131 Å². The van der Waals surface area contributed by atoms with Gasteiger partial charge in [-0.2, -0.15) is 0 Å². The second-order valence-corrected chi connectivity index (χ2v) is 13.0. The molecule has 230 valence electrons. The van der Waals surface area contributed by atoms with E-state index in [1.165, 1.54) is 35.2 Å². The summed E-state index contributed by atoms with van der Waals surface area (Å²) >= 11 is 6.19. The van der Waals surface area contributed by atoms with E-state index in [1.807, 2.05) is 30.3 Å². The van der Waals surface area contributed by atoms with Crippen LogP contribution in [-0.2, 0) is 32.6 Å². The van der Waals surface area contributed by atoms with Crippen molar-refractivity contribution in [3.63, 3.8) is 0 Å². The summed E-state index contributed by atoms with van der Waals surface area (Å²) in [6.07, 6.45) is 0.130. The zero-order valence-electron chi connectivity index (χ0n) is 24.8. The minimum Gasteiger partial charge on any atom is -0.352 e. The van der Waals surface area contributed by atoms with E-state index in [4.69, 9.17) is 11.6 Å². The van der Waals surface area contributed by atoms with Gasteiger partial charge in [0.05, 0.1) is 10.6 Å². The third-order valence-corrected chi connectivity index (χ3v) is 9.05. The molecular weight excluding hydrogens is 601 g/mol. The molecule has 44 heavy (non-hydrogen) atoms. The number of halogens is 2. The number of amides is 2. The fraction of sp³-hybridized carbons (Fsp3) is 0.235. The average Bonchev–Trinajstić information content (AvgIpc) is 2.99. The third-order valence-electron chi connectivity index (χ3n) is 7.04. The van der Waals surface area contributed by atoms with E-state index in [9.17, 15) is 22.4 Å². The molecule has 0 aromatic heterocycles. The molecule has 4 aromatic carbocycles. The molecule has 0 radical (unpaired) electrons. The van der Waals surface area contributed by atoms with Crippen LogP contribution < -0.4 is 9.62 Å². The molecule has 0 fully saturated rings. The van der Waals surface area contributed by atoms with Crippen molar-refractivity contribution in [1.82, 2.24) is 10.2 Å². The summed E-state index contributed by atoms with van der Waals surface area (Å²) in [6, 6.07) is 26.3. The number of carbonyl (C=O) groups is 2. The van der Waals surface area contributed by atoms with Gasteiger partial charge in [-0.1, -0.05) is 78.3 Å². The summed E-state index contributed by atoms with van der Waals surface area (Å²) < 4.78 is 44.1. The predicted molar refractivity (Wildman–Crippen MR) is 171 cm³/mol. The molecule has 10 heteroatoms. The molecule has 0 bridgehead atoms. The highest BCUT2D eigenvalue weighted by Crippen LogP contribution is 2.29. The number of hydrogen-bond acceptors (Lipinski definition) is 4. The number of hydrogen-bond donors (Lipinski definition) is 1. The maximum absolute atomic E-state index is 15.0. The lowest BCUT2D eigenvalue weighted by Gasteiger charge is -2.34. The van der Waals surface area contributed by atoms with Gasteiger partial charge in [0, 0.05) is 29.6 Å². The van der Waals surface area contributed by atoms with Crippen LogP contribution in [0.5, 0.6) is 0 Å². The molecule has 0 saturated carbocycles. The number of rotatable bonds is 12. The second-order valence-electron chi connectivity index (χ2n) is 10.7. The van der Waals surface area contributed by atoms with Gasteiger partial charge >= 0.3 is 0 Å². The van der Waals surface area contributed by atoms with Gasteiger partial charge in [0.25, 0.3) is 10.0 Å². The Morgan fingerprint density at radius 3 is 2.11 bits per heavy atom. The summed E-state index contributed by atoms with van der Waals surface area (Å²) in [7, 11) is -4.25. The molecule has 0 aliphatic heterocycles. The van der Waals surface area contributed by atoms with Crippen LogP contribution in [0, 0.1) is 12.7 Å². The maximum Gasteiger partial charge on any atom is 0.264 e. The number of benzene rings is 4. The lowest BCUT2D eigenvalue weighted by atomic mass is 10.0. The Hall–Kier alpha value is -4.21. The van der Waals surface area contributed by atoms with Crippen molar-refractivity contribution >= 4 is 39.1 Å². The highest BCUT2D eigenvalue weighted by atomic mass is 35.5. The zero-order chi connectivity index (χ0) is 31.9. The van der Waals surface area contributed by atoms with Crippen LogP contribution in [0.1, 0.15) is 30.5 Å². The Morgan fingerprint density at radius 1 is 0.886 bits per heavy atom. The molecule has 1 atom stereocenters. The molecule has 0 aliphatic rings. The van der Waals surface area contributed by atoms with Gasteiger partial charge in [0.1, 0.15) is 18.4 Å². The van der Waals surface area contributed by atoms with E-state index in [-0.39, 0.29) is 35.2 Å². The van der Waals surface area contributed by atoms with Gasteiger partial charge < -0.3 is 10.2 Å². The minimum atomic E-state index is -4.25. The quantitative estimate of drug-likeness (QED) is 0.202. The standard InChI is InChI=1S/C34H35ClFN3O4S/c1-24(2)37-34(41)32(21-26-12-6-4-7-13-26)38(22-27-14-10-11-17-30(27)36)33(40)23-39(31-19-18-28(35)20-25(31)3)44(42,43)29-15-8-5-9-16-29/h4-20,24,32H,21-23H2,1-3H3,(H,37,41)/t32-/m1/s1. The summed E-state index contributed by atoms with van der Waals surface area (Å²) in [6.45, 7) is 4.41. The SMILES string of the molecule is Cc1cc(Cl)ccc1N(CC(=O)N(Cc1ccccc1F)[C@H](Cc1ccccc1)C(=O)NC(C)C)S(=O)(=O)c1ccccc1. The molecule has 4 rings (SSSR count). The molecule has 1 N–H and O–H groups in total. The molecule has 0 aliphatic carbocycles. The van der Waals surface area contributed by atoms with E-state index in [0.717, 1.165) is 9.87 Å². The normalized spacial score (nSPS) is 12.0. The Morgan fingerprint density at radius 2 is 1.50 bits per heavy atom. The monoisotopic (exact) mass is 635 g/mol. The number of carbonyl (C=O) groups excluding carboxylic acids is 2. The van der Waals surface area contributed by atoms with Crippen LogP contribution in [-0.4, -0.2) is 43.8 Å². The van der Waals surface area contributed by atoms with E-state index >= 15 is 0 Å². The topological polar surface area (TPSA) is 86.8 Å². The molecule has 0 spiro atoms. The number of sulfonamides is 1. The second kappa shape index (κ2) is 14.5. The van der Waals surface area contributed by atoms with Crippen molar-refractivity contribution < 1.29 is 22.4 Å². The van der Waals surface area contributed by atoms with E-state index in [0.29, 0.717) is 10.6 Å². The number of aryl methyl sites for hydroxylation is 1. The van der Waals surface area contributed by atoms with Gasteiger partial charge in [0.2, 0.25) is 11.8 Å². The lowest BCUT2D eigenvalue weighted by Crippen LogP contribution is -2.54. The number of nitrogens with zero attached hydrogens (tertiary/aromatic N) is 2. The highest BCUT2D eigenvalue weighted by molar-refractivity contribution is 7.92. The van der Waals surface area contributed by atoms with Crippen LogP contribution in [0.25, 0.3) is 0 Å². The first-order chi connectivity index (χ1) is 21.0. The number of nitrogens with one attached hydrogen (secondary N) is 1. The third kappa shape index (κ3) is 8.03. The summed E-state index contributed by atoms with van der Waals surface area (Å²) in [5.74, 6) is -1.66. The Balaban J connectivity index is 1.83. The Kier molecular flexibility index (Phi) is 10.8. The molecule has 0 saturated heterocycles. The van der Waals surface area contributed by atoms with Gasteiger partial charge in [0.15, 0.2) is 0 Å². The largest absolute Gasteiger partial charge is 0.352 e. The first kappa shape index (κ1) is 32.7. The van der Waals surface area contributed by atoms with Crippen molar-refractivity contribution in [2.24, 2.45) is 0 Å².